The van der Waals surface area contributed by atoms with Crippen molar-refractivity contribution in [3.8, 4) is 5.75 Å². The van der Waals surface area contributed by atoms with Crippen molar-refractivity contribution >= 4 is 35.6 Å². The number of carbonyl (C=O) groups is 6. The predicted molar refractivity (Wildman–Crippen MR) is 132 cm³/mol. The molecule has 0 aliphatic rings. The smallest absolute Gasteiger partial charge is 0.326 e. The zero-order valence-corrected chi connectivity index (χ0v) is 20.6. The molecular weight excluding hydrogens is 504 g/mol. The van der Waals surface area contributed by atoms with Gasteiger partial charge in [0.1, 0.15) is 23.9 Å². The van der Waals surface area contributed by atoms with E-state index in [0.29, 0.717) is 31.4 Å². The van der Waals surface area contributed by atoms with E-state index >= 15 is 0 Å². The van der Waals surface area contributed by atoms with Gasteiger partial charge in [-0.3, -0.25) is 24.0 Å². The van der Waals surface area contributed by atoms with Crippen LogP contribution in [-0.2, 0) is 35.2 Å². The molecule has 0 fully saturated rings. The maximum Gasteiger partial charge on any atom is 0.326 e. The van der Waals surface area contributed by atoms with Gasteiger partial charge in [-0.2, -0.15) is 0 Å². The van der Waals surface area contributed by atoms with Gasteiger partial charge in [-0.1, -0.05) is 18.6 Å². The van der Waals surface area contributed by atoms with Crippen LogP contribution in [0.4, 0.5) is 0 Å². The Morgan fingerprint density at radius 3 is 1.87 bits per heavy atom. The number of hydrogen-bond acceptors (Lipinski definition) is 9. The first-order valence-electron chi connectivity index (χ1n) is 11.7. The minimum atomic E-state index is -1.84. The molecule has 0 heterocycles. The Balaban J connectivity index is 3.12. The number of unbranched alkanes of at least 4 members (excludes halogenated alkanes) is 1. The van der Waals surface area contributed by atoms with Crippen molar-refractivity contribution in [2.45, 2.75) is 62.7 Å². The van der Waals surface area contributed by atoms with E-state index in [9.17, 15) is 39.0 Å². The molecule has 0 aliphatic heterocycles. The number of primary amides is 1. The molecule has 4 amide bonds. The number of carboxylic acids is 2. The van der Waals surface area contributed by atoms with Crippen LogP contribution in [0.3, 0.4) is 0 Å². The molecule has 4 unspecified atom stereocenters. The van der Waals surface area contributed by atoms with Crippen LogP contribution in [0, 0.1) is 0 Å². The topological polar surface area (TPSA) is 277 Å². The Labute approximate surface area is 218 Å². The number of carbonyl (C=O) groups excluding carboxylic acids is 4. The molecule has 0 saturated carbocycles. The highest BCUT2D eigenvalue weighted by Gasteiger charge is 2.32. The number of benzene rings is 1. The molecule has 0 aliphatic carbocycles. The van der Waals surface area contributed by atoms with Gasteiger partial charge < -0.3 is 48.5 Å². The Morgan fingerprint density at radius 2 is 1.34 bits per heavy atom. The van der Waals surface area contributed by atoms with Crippen molar-refractivity contribution in [3.63, 3.8) is 0 Å². The third-order valence-electron chi connectivity index (χ3n) is 5.35. The third-order valence-corrected chi connectivity index (χ3v) is 5.35. The fourth-order valence-corrected chi connectivity index (χ4v) is 3.33. The molecule has 1 rings (SSSR count). The summed E-state index contributed by atoms with van der Waals surface area (Å²) in [5, 5.41) is 34.3. The minimum Gasteiger partial charge on any atom is -0.508 e. The van der Waals surface area contributed by atoms with E-state index in [1.807, 2.05) is 5.32 Å². The van der Waals surface area contributed by atoms with Gasteiger partial charge >= 0.3 is 11.9 Å². The van der Waals surface area contributed by atoms with Crippen molar-refractivity contribution in [2.75, 3.05) is 6.54 Å². The standard InChI is InChI=1S/C23H34N6O9/c24-8-2-1-3-14(25)20(34)27-15(9-12-4-6-13(30)7-5-12)21(35)28-16(10-18(26)31)22(36)29-17(23(37)38)11-19(32)33/h4-7,14-17,30H,1-3,8-11,24-25H2,(H2,26,31)(H,27,34)(H,28,35)(H,29,36)(H,32,33)(H,37,38). The summed E-state index contributed by atoms with van der Waals surface area (Å²) in [7, 11) is 0. The molecule has 12 N–H and O–H groups in total. The maximum atomic E-state index is 13.2. The second kappa shape index (κ2) is 15.8. The first-order chi connectivity index (χ1) is 17.8. The first kappa shape index (κ1) is 31.8. The van der Waals surface area contributed by atoms with Crippen molar-refractivity contribution in [1.29, 1.82) is 0 Å². The molecule has 15 nitrogen and oxygen atoms in total. The van der Waals surface area contributed by atoms with Gasteiger partial charge in [-0.05, 0) is 37.1 Å². The van der Waals surface area contributed by atoms with Crippen molar-refractivity contribution in [3.05, 3.63) is 29.8 Å². The van der Waals surface area contributed by atoms with Crippen LogP contribution in [0.5, 0.6) is 5.75 Å². The van der Waals surface area contributed by atoms with Crippen LogP contribution < -0.4 is 33.2 Å². The maximum absolute atomic E-state index is 13.2. The summed E-state index contributed by atoms with van der Waals surface area (Å²) in [6.45, 7) is 0.415. The highest BCUT2D eigenvalue weighted by Crippen LogP contribution is 2.12. The number of phenols is 1. The monoisotopic (exact) mass is 538 g/mol. The lowest BCUT2D eigenvalue weighted by molar-refractivity contribution is -0.147. The van der Waals surface area contributed by atoms with Gasteiger partial charge in [0.25, 0.3) is 0 Å². The van der Waals surface area contributed by atoms with Gasteiger partial charge in [0.2, 0.25) is 23.6 Å². The van der Waals surface area contributed by atoms with E-state index in [2.05, 4.69) is 10.6 Å². The van der Waals surface area contributed by atoms with Crippen LogP contribution in [0.2, 0.25) is 0 Å². The fraction of sp³-hybridized carbons (Fsp3) is 0.478. The molecule has 1 aromatic carbocycles. The summed E-state index contributed by atoms with van der Waals surface area (Å²) < 4.78 is 0. The van der Waals surface area contributed by atoms with E-state index in [-0.39, 0.29) is 12.2 Å². The molecule has 210 valence electrons. The largest absolute Gasteiger partial charge is 0.508 e. The van der Waals surface area contributed by atoms with Gasteiger partial charge in [0.15, 0.2) is 0 Å². The SMILES string of the molecule is NCCCCC(N)C(=O)NC(Cc1ccc(O)cc1)C(=O)NC(CC(N)=O)C(=O)NC(CC(=O)O)C(=O)O. The van der Waals surface area contributed by atoms with Crippen LogP contribution >= 0.6 is 0 Å². The Kier molecular flexibility index (Phi) is 13.2. The van der Waals surface area contributed by atoms with E-state index in [1.165, 1.54) is 24.3 Å². The number of phenolic OH excluding ortho intramolecular Hbond substituents is 1. The quantitative estimate of drug-likeness (QED) is 0.0918. The van der Waals surface area contributed by atoms with Crippen molar-refractivity contribution in [1.82, 2.24) is 16.0 Å². The second-order valence-corrected chi connectivity index (χ2v) is 8.55. The molecule has 0 saturated heterocycles. The Morgan fingerprint density at radius 1 is 0.789 bits per heavy atom. The van der Waals surface area contributed by atoms with Gasteiger partial charge in [0, 0.05) is 6.42 Å². The van der Waals surface area contributed by atoms with Crippen molar-refractivity contribution in [2.24, 2.45) is 17.2 Å². The van der Waals surface area contributed by atoms with Gasteiger partial charge in [-0.15, -0.1) is 0 Å². The van der Waals surface area contributed by atoms with E-state index < -0.39 is 72.6 Å². The van der Waals surface area contributed by atoms with Crippen molar-refractivity contribution < 1.29 is 44.1 Å². The summed E-state index contributed by atoms with van der Waals surface area (Å²) in [6.07, 6.45) is -0.294. The van der Waals surface area contributed by atoms with Crippen LogP contribution in [0.1, 0.15) is 37.7 Å². The predicted octanol–water partition coefficient (Wildman–Crippen LogP) is -2.72. The fourth-order valence-electron chi connectivity index (χ4n) is 3.33. The van der Waals surface area contributed by atoms with E-state index in [4.69, 9.17) is 22.3 Å². The number of amides is 4. The molecule has 0 radical (unpaired) electrons. The highest BCUT2D eigenvalue weighted by atomic mass is 16.4. The Bertz CT molecular complexity index is 1000. The number of aromatic hydroxyl groups is 1. The number of carboxylic acid groups (broad SMARTS) is 2. The van der Waals surface area contributed by atoms with Crippen LogP contribution in [-0.4, -0.2) is 81.6 Å². The molecule has 1 aromatic rings. The average Bonchev–Trinajstić information content (AvgIpc) is 2.83. The molecule has 0 aromatic heterocycles. The summed E-state index contributed by atoms with van der Waals surface area (Å²) in [5.74, 6) is -6.96. The number of nitrogens with two attached hydrogens (primary N) is 3. The Hall–Kier alpha value is -4.24. The first-order valence-corrected chi connectivity index (χ1v) is 11.7. The summed E-state index contributed by atoms with van der Waals surface area (Å²) in [6, 6.07) is -0.0525. The average molecular weight is 539 g/mol. The number of aliphatic carboxylic acids is 2. The van der Waals surface area contributed by atoms with Gasteiger partial charge in [0.05, 0.1) is 18.9 Å². The third kappa shape index (κ3) is 11.7. The van der Waals surface area contributed by atoms with Gasteiger partial charge in [-0.25, -0.2) is 4.79 Å². The second-order valence-electron chi connectivity index (χ2n) is 8.55. The summed E-state index contributed by atoms with van der Waals surface area (Å²) in [4.78, 5) is 72.2. The van der Waals surface area contributed by atoms with E-state index in [1.54, 1.807) is 0 Å². The summed E-state index contributed by atoms with van der Waals surface area (Å²) in [5.41, 5.74) is 17.0. The van der Waals surface area contributed by atoms with Crippen LogP contribution in [0.25, 0.3) is 0 Å². The minimum absolute atomic E-state index is 0.0340. The summed E-state index contributed by atoms with van der Waals surface area (Å²) >= 11 is 0. The molecule has 4 atom stereocenters. The highest BCUT2D eigenvalue weighted by molar-refractivity contribution is 5.96. The number of hydrogen-bond donors (Lipinski definition) is 9. The van der Waals surface area contributed by atoms with Crippen LogP contribution in [0.15, 0.2) is 24.3 Å². The lowest BCUT2D eigenvalue weighted by Crippen LogP contribution is -2.58. The molecule has 38 heavy (non-hydrogen) atoms. The molecule has 0 bridgehead atoms. The normalized spacial score (nSPS) is 13.8. The molecular formula is C23H34N6O9. The lowest BCUT2D eigenvalue weighted by atomic mass is 10.0. The number of nitrogens with one attached hydrogen (secondary N) is 3. The zero-order valence-electron chi connectivity index (χ0n) is 20.6. The number of rotatable bonds is 17. The van der Waals surface area contributed by atoms with E-state index in [0.717, 1.165) is 0 Å². The lowest BCUT2D eigenvalue weighted by Gasteiger charge is -2.24. The molecule has 15 heteroatoms. The molecule has 0 spiro atoms. The zero-order chi connectivity index (χ0) is 28.8.